The van der Waals surface area contributed by atoms with Crippen LogP contribution < -0.4 is 5.32 Å². The van der Waals surface area contributed by atoms with Gasteiger partial charge < -0.3 is 10.1 Å². The maximum absolute atomic E-state index is 12.3. The summed E-state index contributed by atoms with van der Waals surface area (Å²) in [5.74, 6) is 0.400. The molecule has 1 amide bonds. The zero-order valence-electron chi connectivity index (χ0n) is 13.0. The third-order valence-electron chi connectivity index (χ3n) is 3.06. The number of carbonyl (C=O) groups excluding carboxylic acids is 2. The topological polar surface area (TPSA) is 55.4 Å². The van der Waals surface area contributed by atoms with Crippen LogP contribution in [0.2, 0.25) is 0 Å². The van der Waals surface area contributed by atoms with Crippen LogP contribution in [0.5, 0.6) is 0 Å². The van der Waals surface area contributed by atoms with Gasteiger partial charge in [-0.05, 0) is 12.1 Å². The van der Waals surface area contributed by atoms with Crippen molar-refractivity contribution in [1.82, 2.24) is 0 Å². The molecule has 1 unspecified atom stereocenters. The highest BCUT2D eigenvalue weighted by Crippen LogP contribution is 2.27. The SMILES string of the molecule is COC(=O)CC(C)SCC(C)(C)C(=O)Nc1ccccc1. The maximum Gasteiger partial charge on any atom is 0.306 e. The highest BCUT2D eigenvalue weighted by Gasteiger charge is 2.28. The van der Waals surface area contributed by atoms with Crippen LogP contribution in [0.1, 0.15) is 27.2 Å². The van der Waals surface area contributed by atoms with E-state index in [1.807, 2.05) is 51.1 Å². The first kappa shape index (κ1) is 17.6. The van der Waals surface area contributed by atoms with Crippen LogP contribution in [0, 0.1) is 5.41 Å². The molecule has 0 saturated heterocycles. The number of ether oxygens (including phenoxy) is 1. The number of thioether (sulfide) groups is 1. The molecule has 0 aliphatic rings. The second-order valence-corrected chi connectivity index (χ2v) is 7.03. The molecule has 0 aliphatic carbocycles. The Bertz CT molecular complexity index is 474. The van der Waals surface area contributed by atoms with Gasteiger partial charge in [0, 0.05) is 16.7 Å². The van der Waals surface area contributed by atoms with Gasteiger partial charge in [-0.15, -0.1) is 0 Å². The fourth-order valence-electron chi connectivity index (χ4n) is 1.61. The van der Waals surface area contributed by atoms with Crippen molar-refractivity contribution in [2.45, 2.75) is 32.4 Å². The molecule has 4 nitrogen and oxygen atoms in total. The van der Waals surface area contributed by atoms with Gasteiger partial charge in [-0.1, -0.05) is 39.0 Å². The van der Waals surface area contributed by atoms with Crippen LogP contribution in [-0.4, -0.2) is 30.0 Å². The third-order valence-corrected chi connectivity index (χ3v) is 4.68. The molecule has 0 aliphatic heterocycles. The lowest BCUT2D eigenvalue weighted by Crippen LogP contribution is -2.33. The molecule has 0 fully saturated rings. The van der Waals surface area contributed by atoms with Crippen molar-refractivity contribution in [3.8, 4) is 0 Å². The molecule has 1 atom stereocenters. The van der Waals surface area contributed by atoms with E-state index >= 15 is 0 Å². The number of amides is 1. The fourth-order valence-corrected chi connectivity index (χ4v) is 2.70. The van der Waals surface area contributed by atoms with Crippen LogP contribution >= 0.6 is 11.8 Å². The van der Waals surface area contributed by atoms with E-state index in [0.29, 0.717) is 12.2 Å². The van der Waals surface area contributed by atoms with Crippen LogP contribution in [0.15, 0.2) is 30.3 Å². The summed E-state index contributed by atoms with van der Waals surface area (Å²) >= 11 is 1.60. The number of para-hydroxylation sites is 1. The van der Waals surface area contributed by atoms with E-state index in [1.54, 1.807) is 11.8 Å². The Morgan fingerprint density at radius 3 is 2.48 bits per heavy atom. The minimum atomic E-state index is -0.509. The van der Waals surface area contributed by atoms with Gasteiger partial charge in [0.15, 0.2) is 0 Å². The Morgan fingerprint density at radius 2 is 1.90 bits per heavy atom. The molecule has 0 saturated carbocycles. The Balaban J connectivity index is 2.48. The largest absolute Gasteiger partial charge is 0.469 e. The second kappa shape index (κ2) is 8.08. The van der Waals surface area contributed by atoms with Crippen molar-refractivity contribution in [2.24, 2.45) is 5.41 Å². The molecule has 21 heavy (non-hydrogen) atoms. The first-order valence-electron chi connectivity index (χ1n) is 6.90. The predicted octanol–water partition coefficient (Wildman–Crippen LogP) is 3.34. The van der Waals surface area contributed by atoms with Crippen molar-refractivity contribution in [2.75, 3.05) is 18.2 Å². The lowest BCUT2D eigenvalue weighted by Gasteiger charge is -2.24. The van der Waals surface area contributed by atoms with Crippen LogP contribution in [0.25, 0.3) is 0 Å². The van der Waals surface area contributed by atoms with E-state index < -0.39 is 5.41 Å². The van der Waals surface area contributed by atoms with Crippen LogP contribution in [0.3, 0.4) is 0 Å². The average Bonchev–Trinajstić information content (AvgIpc) is 2.46. The monoisotopic (exact) mass is 309 g/mol. The molecule has 5 heteroatoms. The Labute approximate surface area is 130 Å². The summed E-state index contributed by atoms with van der Waals surface area (Å²) in [6.07, 6.45) is 0.359. The van der Waals surface area contributed by atoms with E-state index in [1.165, 1.54) is 7.11 Å². The molecule has 1 rings (SSSR count). The molecule has 0 aromatic heterocycles. The highest BCUT2D eigenvalue weighted by atomic mass is 32.2. The second-order valence-electron chi connectivity index (χ2n) is 5.61. The number of rotatable bonds is 7. The highest BCUT2D eigenvalue weighted by molar-refractivity contribution is 7.99. The van der Waals surface area contributed by atoms with Gasteiger partial charge in [-0.2, -0.15) is 11.8 Å². The summed E-state index contributed by atoms with van der Waals surface area (Å²) in [5, 5.41) is 3.04. The number of benzene rings is 1. The Morgan fingerprint density at radius 1 is 1.29 bits per heavy atom. The molecule has 1 aromatic carbocycles. The van der Waals surface area contributed by atoms with E-state index in [9.17, 15) is 9.59 Å². The van der Waals surface area contributed by atoms with E-state index in [4.69, 9.17) is 0 Å². The smallest absolute Gasteiger partial charge is 0.306 e. The lowest BCUT2D eigenvalue weighted by atomic mass is 9.95. The van der Waals surface area contributed by atoms with Gasteiger partial charge in [0.05, 0.1) is 18.9 Å². The molecule has 1 aromatic rings. The Kier molecular flexibility index (Phi) is 6.75. The van der Waals surface area contributed by atoms with Crippen molar-refractivity contribution in [3.05, 3.63) is 30.3 Å². The maximum atomic E-state index is 12.3. The van der Waals surface area contributed by atoms with Gasteiger partial charge >= 0.3 is 5.97 Å². The van der Waals surface area contributed by atoms with Crippen molar-refractivity contribution < 1.29 is 14.3 Å². The molecule has 0 radical (unpaired) electrons. The molecule has 116 valence electrons. The lowest BCUT2D eigenvalue weighted by molar-refractivity contribution is -0.140. The van der Waals surface area contributed by atoms with Gasteiger partial charge in [0.25, 0.3) is 0 Å². The van der Waals surface area contributed by atoms with E-state index in [-0.39, 0.29) is 17.1 Å². The minimum Gasteiger partial charge on any atom is -0.469 e. The summed E-state index contributed by atoms with van der Waals surface area (Å²) in [4.78, 5) is 23.5. The summed E-state index contributed by atoms with van der Waals surface area (Å²) in [7, 11) is 1.39. The van der Waals surface area contributed by atoms with Crippen molar-refractivity contribution in [3.63, 3.8) is 0 Å². The Hall–Kier alpha value is -1.49. The zero-order valence-corrected chi connectivity index (χ0v) is 13.8. The van der Waals surface area contributed by atoms with Crippen molar-refractivity contribution in [1.29, 1.82) is 0 Å². The zero-order chi connectivity index (χ0) is 15.9. The molecule has 0 bridgehead atoms. The number of carbonyl (C=O) groups is 2. The number of hydrogen-bond donors (Lipinski definition) is 1. The number of anilines is 1. The van der Waals surface area contributed by atoms with Crippen LogP contribution in [0.4, 0.5) is 5.69 Å². The summed E-state index contributed by atoms with van der Waals surface area (Å²) in [6.45, 7) is 5.78. The van der Waals surface area contributed by atoms with Crippen molar-refractivity contribution >= 4 is 29.3 Å². The minimum absolute atomic E-state index is 0.0218. The van der Waals surface area contributed by atoms with Gasteiger partial charge in [-0.25, -0.2) is 0 Å². The molecular formula is C16H23NO3S. The molecule has 0 spiro atoms. The number of nitrogens with one attached hydrogen (secondary N) is 1. The van der Waals surface area contributed by atoms with E-state index in [2.05, 4.69) is 10.1 Å². The normalized spacial score (nSPS) is 12.6. The molecular weight excluding hydrogens is 286 g/mol. The summed E-state index contributed by atoms with van der Waals surface area (Å²) in [5.41, 5.74) is 0.286. The predicted molar refractivity (Wildman–Crippen MR) is 87.4 cm³/mol. The van der Waals surface area contributed by atoms with Crippen LogP contribution in [-0.2, 0) is 14.3 Å². The van der Waals surface area contributed by atoms with Gasteiger partial charge in [-0.3, -0.25) is 9.59 Å². The molecule has 0 heterocycles. The fraction of sp³-hybridized carbons (Fsp3) is 0.500. The van der Waals surface area contributed by atoms with Gasteiger partial charge in [0.2, 0.25) is 5.91 Å². The third kappa shape index (κ3) is 6.21. The first-order chi connectivity index (χ1) is 9.85. The molecule has 1 N–H and O–H groups in total. The standard InChI is InChI=1S/C16H23NO3S/c1-12(10-14(18)20-4)21-11-16(2,3)15(19)17-13-8-6-5-7-9-13/h5-9,12H,10-11H2,1-4H3,(H,17,19). The van der Waals surface area contributed by atoms with E-state index in [0.717, 1.165) is 5.69 Å². The van der Waals surface area contributed by atoms with Gasteiger partial charge in [0.1, 0.15) is 0 Å². The number of methoxy groups -OCH3 is 1. The average molecular weight is 309 g/mol. The first-order valence-corrected chi connectivity index (χ1v) is 7.95. The number of hydrogen-bond acceptors (Lipinski definition) is 4. The summed E-state index contributed by atoms with van der Waals surface area (Å²) < 4.78 is 4.65. The quantitative estimate of drug-likeness (QED) is 0.785. The number of esters is 1. The summed E-state index contributed by atoms with van der Waals surface area (Å²) in [6, 6.07) is 9.40.